The van der Waals surface area contributed by atoms with Gasteiger partial charge in [-0.25, -0.2) is 0 Å². The van der Waals surface area contributed by atoms with Crippen LogP contribution in [0, 0.1) is 0 Å². The van der Waals surface area contributed by atoms with E-state index in [2.05, 4.69) is 17.4 Å². The van der Waals surface area contributed by atoms with Crippen LogP contribution in [-0.4, -0.2) is 18.4 Å². The van der Waals surface area contributed by atoms with Crippen LogP contribution in [0.25, 0.3) is 0 Å². The molecule has 1 N–H and O–H groups in total. The molecule has 2 heteroatoms. The molecule has 0 unspecified atom stereocenters. The highest BCUT2D eigenvalue weighted by Crippen LogP contribution is 2.23. The summed E-state index contributed by atoms with van der Waals surface area (Å²) in [5.74, 6) is 0.292. The third-order valence-corrected chi connectivity index (χ3v) is 4.56. The van der Waals surface area contributed by atoms with E-state index in [1.54, 1.807) is 0 Å². The van der Waals surface area contributed by atoms with Gasteiger partial charge < -0.3 is 5.32 Å². The van der Waals surface area contributed by atoms with Crippen LogP contribution in [0.5, 0.6) is 0 Å². The minimum atomic E-state index is 0.292. The molecule has 1 aromatic rings. The number of carbonyl (C=O) groups is 1. The Morgan fingerprint density at radius 3 is 2.74 bits per heavy atom. The molecule has 1 saturated carbocycles. The van der Waals surface area contributed by atoms with Crippen LogP contribution in [0.3, 0.4) is 0 Å². The topological polar surface area (TPSA) is 29.1 Å². The Morgan fingerprint density at radius 2 is 1.89 bits per heavy atom. The number of nitrogens with one attached hydrogen (secondary N) is 1. The van der Waals surface area contributed by atoms with E-state index in [0.717, 1.165) is 18.5 Å². The number of ketones is 1. The van der Waals surface area contributed by atoms with Crippen LogP contribution in [0.1, 0.15) is 60.0 Å². The molecule has 1 fully saturated rings. The second-order valence-corrected chi connectivity index (χ2v) is 5.95. The molecular weight excluding hydrogens is 234 g/mol. The van der Waals surface area contributed by atoms with Crippen LogP contribution in [0.2, 0.25) is 0 Å². The monoisotopic (exact) mass is 257 g/mol. The first kappa shape index (κ1) is 12.9. The maximum Gasteiger partial charge on any atom is 0.164 e. The predicted molar refractivity (Wildman–Crippen MR) is 77.7 cm³/mol. The fraction of sp³-hybridized carbons (Fsp3) is 0.588. The Bertz CT molecular complexity index is 460. The maximum absolute atomic E-state index is 12.2. The van der Waals surface area contributed by atoms with Crippen molar-refractivity contribution < 1.29 is 4.79 Å². The van der Waals surface area contributed by atoms with E-state index in [0.29, 0.717) is 18.2 Å². The second kappa shape index (κ2) is 5.87. The molecule has 102 valence electrons. The molecule has 19 heavy (non-hydrogen) atoms. The van der Waals surface area contributed by atoms with Crippen molar-refractivity contribution in [1.29, 1.82) is 0 Å². The molecule has 3 rings (SSSR count). The van der Waals surface area contributed by atoms with Crippen LogP contribution in [-0.2, 0) is 12.8 Å². The first-order valence-corrected chi connectivity index (χ1v) is 7.71. The molecular formula is C17H23NO. The lowest BCUT2D eigenvalue weighted by Gasteiger charge is -2.11. The fourth-order valence-corrected chi connectivity index (χ4v) is 3.41. The standard InChI is InChI=1S/C17H23NO/c19-17(10-11-18-16-6-1-2-7-16)15-9-8-13-4-3-5-14(13)12-15/h8-9,12,16,18H,1-7,10-11H2. The zero-order valence-corrected chi connectivity index (χ0v) is 11.6. The van der Waals surface area contributed by atoms with Crippen molar-refractivity contribution in [1.82, 2.24) is 5.32 Å². The van der Waals surface area contributed by atoms with E-state index in [4.69, 9.17) is 0 Å². The molecule has 1 aromatic carbocycles. The summed E-state index contributed by atoms with van der Waals surface area (Å²) in [4.78, 5) is 12.2. The van der Waals surface area contributed by atoms with Crippen LogP contribution < -0.4 is 5.32 Å². The third kappa shape index (κ3) is 3.06. The number of fused-ring (bicyclic) bond motifs is 1. The molecule has 2 nitrogen and oxygen atoms in total. The summed E-state index contributed by atoms with van der Waals surface area (Å²) >= 11 is 0. The summed E-state index contributed by atoms with van der Waals surface area (Å²) in [5, 5.41) is 3.51. The molecule has 0 spiro atoms. The highest BCUT2D eigenvalue weighted by Gasteiger charge is 2.16. The largest absolute Gasteiger partial charge is 0.314 e. The lowest BCUT2D eigenvalue weighted by Crippen LogP contribution is -2.28. The van der Waals surface area contributed by atoms with Crippen molar-refractivity contribution in [3.05, 3.63) is 34.9 Å². The van der Waals surface area contributed by atoms with Gasteiger partial charge in [-0.2, -0.15) is 0 Å². The van der Waals surface area contributed by atoms with Crippen molar-refractivity contribution >= 4 is 5.78 Å². The average molecular weight is 257 g/mol. The van der Waals surface area contributed by atoms with E-state index in [-0.39, 0.29) is 0 Å². The van der Waals surface area contributed by atoms with Crippen molar-refractivity contribution in [2.45, 2.75) is 57.4 Å². The normalized spacial score (nSPS) is 18.7. The van der Waals surface area contributed by atoms with Crippen LogP contribution in [0.4, 0.5) is 0 Å². The lowest BCUT2D eigenvalue weighted by atomic mass is 10.0. The SMILES string of the molecule is O=C(CCNC1CCCC1)c1ccc2c(c1)CCC2. The van der Waals surface area contributed by atoms with E-state index in [1.807, 2.05) is 6.07 Å². The number of hydrogen-bond acceptors (Lipinski definition) is 2. The van der Waals surface area contributed by atoms with Gasteiger partial charge >= 0.3 is 0 Å². The summed E-state index contributed by atoms with van der Waals surface area (Å²) in [6.45, 7) is 0.834. The van der Waals surface area contributed by atoms with Crippen molar-refractivity contribution in [2.75, 3.05) is 6.54 Å². The highest BCUT2D eigenvalue weighted by atomic mass is 16.1. The quantitative estimate of drug-likeness (QED) is 0.820. The lowest BCUT2D eigenvalue weighted by molar-refractivity contribution is 0.0981. The van der Waals surface area contributed by atoms with Gasteiger partial charge in [-0.15, -0.1) is 0 Å². The minimum absolute atomic E-state index is 0.292. The molecule has 0 aromatic heterocycles. The molecule has 0 bridgehead atoms. The van der Waals surface area contributed by atoms with Gasteiger partial charge in [0, 0.05) is 24.6 Å². The van der Waals surface area contributed by atoms with Gasteiger partial charge in [0.15, 0.2) is 5.78 Å². The summed E-state index contributed by atoms with van der Waals surface area (Å²) < 4.78 is 0. The Balaban J connectivity index is 1.52. The van der Waals surface area contributed by atoms with E-state index >= 15 is 0 Å². The average Bonchev–Trinajstić information content (AvgIpc) is 3.08. The number of rotatable bonds is 5. The van der Waals surface area contributed by atoms with E-state index in [1.165, 1.54) is 49.7 Å². The Labute approximate surface area is 115 Å². The number of carbonyl (C=O) groups excluding carboxylic acids is 1. The molecule has 0 saturated heterocycles. The zero-order valence-electron chi connectivity index (χ0n) is 11.6. The van der Waals surface area contributed by atoms with Gasteiger partial charge in [-0.1, -0.05) is 25.0 Å². The smallest absolute Gasteiger partial charge is 0.164 e. The molecule has 0 heterocycles. The summed E-state index contributed by atoms with van der Waals surface area (Å²) in [6, 6.07) is 6.95. The second-order valence-electron chi connectivity index (χ2n) is 5.95. The molecule has 0 amide bonds. The van der Waals surface area contributed by atoms with Gasteiger partial charge in [0.1, 0.15) is 0 Å². The Kier molecular flexibility index (Phi) is 3.97. The Hall–Kier alpha value is -1.15. The van der Waals surface area contributed by atoms with E-state index in [9.17, 15) is 4.79 Å². The zero-order chi connectivity index (χ0) is 13.1. The minimum Gasteiger partial charge on any atom is -0.314 e. The first-order valence-electron chi connectivity index (χ1n) is 7.71. The highest BCUT2D eigenvalue weighted by molar-refractivity contribution is 5.96. The number of benzene rings is 1. The summed E-state index contributed by atoms with van der Waals surface area (Å²) in [7, 11) is 0. The number of Topliss-reactive ketones (excluding diaryl/α,β-unsaturated/α-hetero) is 1. The van der Waals surface area contributed by atoms with Gasteiger partial charge in [0.25, 0.3) is 0 Å². The predicted octanol–water partition coefficient (Wildman–Crippen LogP) is 3.28. The van der Waals surface area contributed by atoms with Crippen molar-refractivity contribution in [3.63, 3.8) is 0 Å². The maximum atomic E-state index is 12.2. The summed E-state index contributed by atoms with van der Waals surface area (Å²) in [5.41, 5.74) is 3.75. The number of aryl methyl sites for hydroxylation is 2. The van der Waals surface area contributed by atoms with E-state index < -0.39 is 0 Å². The third-order valence-electron chi connectivity index (χ3n) is 4.56. The number of hydrogen-bond donors (Lipinski definition) is 1. The Morgan fingerprint density at radius 1 is 1.11 bits per heavy atom. The van der Waals surface area contributed by atoms with Gasteiger partial charge in [-0.3, -0.25) is 4.79 Å². The van der Waals surface area contributed by atoms with Gasteiger partial charge in [0.2, 0.25) is 0 Å². The molecule has 2 aliphatic rings. The van der Waals surface area contributed by atoms with Crippen LogP contribution >= 0.6 is 0 Å². The summed E-state index contributed by atoms with van der Waals surface area (Å²) in [6.07, 6.45) is 9.47. The molecule has 0 aliphatic heterocycles. The molecule has 0 radical (unpaired) electrons. The van der Waals surface area contributed by atoms with Gasteiger partial charge in [-0.05, 0) is 49.3 Å². The fourth-order valence-electron chi connectivity index (χ4n) is 3.41. The first-order chi connectivity index (χ1) is 9.33. The van der Waals surface area contributed by atoms with Crippen LogP contribution in [0.15, 0.2) is 18.2 Å². The van der Waals surface area contributed by atoms with Crippen molar-refractivity contribution in [3.8, 4) is 0 Å². The molecule has 0 atom stereocenters. The molecule has 2 aliphatic carbocycles. The van der Waals surface area contributed by atoms with Crippen molar-refractivity contribution in [2.24, 2.45) is 0 Å². The van der Waals surface area contributed by atoms with Gasteiger partial charge in [0.05, 0.1) is 0 Å².